The predicted molar refractivity (Wildman–Crippen MR) is 54.8 cm³/mol. The molecule has 0 bridgehead atoms. The Kier molecular flexibility index (Phi) is 2.82. The second-order valence-corrected chi connectivity index (χ2v) is 3.50. The van der Waals surface area contributed by atoms with Crippen LogP contribution >= 0.6 is 11.6 Å². The fraction of sp³-hybridized carbons (Fsp3) is 0.200. The fourth-order valence-corrected chi connectivity index (χ4v) is 1.54. The Morgan fingerprint density at radius 3 is 2.65 bits per heavy atom. The zero-order valence-electron chi connectivity index (χ0n) is 8.21. The Hall–Kier alpha value is -1.56. The minimum absolute atomic E-state index is 0.214. The lowest BCUT2D eigenvalue weighted by Crippen LogP contribution is -2.11. The van der Waals surface area contributed by atoms with Crippen molar-refractivity contribution in [1.82, 2.24) is 4.98 Å². The van der Waals surface area contributed by atoms with Gasteiger partial charge < -0.3 is 4.42 Å². The van der Waals surface area contributed by atoms with E-state index in [0.717, 1.165) is 12.1 Å². The minimum Gasteiger partial charge on any atom is -0.407 e. The molecule has 2 rings (SSSR count). The van der Waals surface area contributed by atoms with E-state index in [9.17, 15) is 18.0 Å². The largest absolute Gasteiger partial charge is 0.418 e. The quantitative estimate of drug-likeness (QED) is 0.743. The van der Waals surface area contributed by atoms with Gasteiger partial charge in [0.05, 0.1) is 22.3 Å². The van der Waals surface area contributed by atoms with Crippen molar-refractivity contribution in [3.05, 3.63) is 40.1 Å². The Morgan fingerprint density at radius 2 is 2.06 bits per heavy atom. The maximum atomic E-state index is 12.7. The van der Waals surface area contributed by atoms with E-state index in [1.807, 2.05) is 0 Å². The second-order valence-electron chi connectivity index (χ2n) is 3.23. The first-order chi connectivity index (χ1) is 7.93. The second kappa shape index (κ2) is 4.03. The lowest BCUT2D eigenvalue weighted by molar-refractivity contribution is -0.136. The summed E-state index contributed by atoms with van der Waals surface area (Å²) in [6.07, 6.45) is -4.58. The molecule has 0 unspecified atom stereocenters. The number of para-hydroxylation sites is 1. The lowest BCUT2D eigenvalue weighted by atomic mass is 10.1. The van der Waals surface area contributed by atoms with Crippen LogP contribution in [0.4, 0.5) is 13.2 Å². The Morgan fingerprint density at radius 1 is 1.35 bits per heavy atom. The van der Waals surface area contributed by atoms with Crippen LogP contribution in [0, 0.1) is 0 Å². The van der Waals surface area contributed by atoms with Crippen molar-refractivity contribution in [1.29, 1.82) is 0 Å². The molecule has 0 atom stereocenters. The van der Waals surface area contributed by atoms with E-state index in [2.05, 4.69) is 9.40 Å². The first-order valence-electron chi connectivity index (χ1n) is 4.49. The molecule has 0 fully saturated rings. The smallest absolute Gasteiger partial charge is 0.407 e. The van der Waals surface area contributed by atoms with Crippen molar-refractivity contribution in [2.45, 2.75) is 12.1 Å². The molecule has 7 heteroatoms. The number of hydrogen-bond donors (Lipinski definition) is 0. The molecule has 0 saturated heterocycles. The summed E-state index contributed by atoms with van der Waals surface area (Å²) < 4.78 is 42.7. The molecule has 0 amide bonds. The van der Waals surface area contributed by atoms with Crippen molar-refractivity contribution < 1.29 is 17.6 Å². The van der Waals surface area contributed by atoms with Crippen LogP contribution in [-0.2, 0) is 12.1 Å². The zero-order valence-corrected chi connectivity index (χ0v) is 8.97. The first-order valence-corrected chi connectivity index (χ1v) is 5.03. The van der Waals surface area contributed by atoms with Crippen LogP contribution in [0.1, 0.15) is 11.5 Å². The van der Waals surface area contributed by atoms with Crippen LogP contribution in [0.3, 0.4) is 0 Å². The van der Waals surface area contributed by atoms with E-state index in [1.165, 1.54) is 6.07 Å². The van der Waals surface area contributed by atoms with Gasteiger partial charge in [0.1, 0.15) is 0 Å². The van der Waals surface area contributed by atoms with Crippen molar-refractivity contribution in [3.63, 3.8) is 0 Å². The molecule has 1 heterocycles. The average molecular weight is 264 g/mol. The van der Waals surface area contributed by atoms with Crippen LogP contribution in [0.2, 0.25) is 0 Å². The number of fused-ring (bicyclic) bond motifs is 1. The number of aromatic nitrogens is 1. The molecule has 0 aliphatic carbocycles. The van der Waals surface area contributed by atoms with Gasteiger partial charge in [-0.3, -0.25) is 0 Å². The molecule has 0 aliphatic rings. The first kappa shape index (κ1) is 11.9. The van der Waals surface area contributed by atoms with Gasteiger partial charge in [0, 0.05) is 0 Å². The van der Waals surface area contributed by atoms with E-state index in [-0.39, 0.29) is 17.2 Å². The van der Waals surface area contributed by atoms with Crippen LogP contribution < -0.4 is 5.63 Å². The van der Waals surface area contributed by atoms with E-state index in [1.54, 1.807) is 0 Å². The van der Waals surface area contributed by atoms with Gasteiger partial charge in [-0.25, -0.2) is 9.78 Å². The minimum atomic E-state index is -4.58. The molecule has 0 radical (unpaired) electrons. The summed E-state index contributed by atoms with van der Waals surface area (Å²) in [5.74, 6) is -0.502. The van der Waals surface area contributed by atoms with Crippen molar-refractivity contribution >= 4 is 22.5 Å². The number of hydrogen-bond acceptors (Lipinski definition) is 3. The van der Waals surface area contributed by atoms with E-state index >= 15 is 0 Å². The summed E-state index contributed by atoms with van der Waals surface area (Å²) in [5.41, 5.74) is -2.29. The maximum absolute atomic E-state index is 12.7. The summed E-state index contributed by atoms with van der Waals surface area (Å²) in [5, 5.41) is -0.214. The summed E-state index contributed by atoms with van der Waals surface area (Å²) in [6.45, 7) is 0. The molecule has 3 nitrogen and oxygen atoms in total. The third kappa shape index (κ3) is 2.12. The standard InChI is InChI=1S/C10H5ClF3NO2/c11-4-7-15-8-5(9(16)17-7)2-1-3-6(8)10(12,13)14/h1-3H,4H2. The van der Waals surface area contributed by atoms with Crippen molar-refractivity contribution in [2.75, 3.05) is 0 Å². The number of nitrogens with zero attached hydrogens (tertiary/aromatic N) is 1. The fourth-order valence-electron chi connectivity index (χ4n) is 1.42. The van der Waals surface area contributed by atoms with Gasteiger partial charge >= 0.3 is 11.8 Å². The van der Waals surface area contributed by atoms with Crippen molar-refractivity contribution in [3.8, 4) is 0 Å². The van der Waals surface area contributed by atoms with Gasteiger partial charge in [0.15, 0.2) is 0 Å². The summed E-state index contributed by atoms with van der Waals surface area (Å²) in [4.78, 5) is 15.0. The van der Waals surface area contributed by atoms with Crippen LogP contribution in [0.5, 0.6) is 0 Å². The molecule has 0 aliphatic heterocycles. The molecule has 0 N–H and O–H groups in total. The molecular weight excluding hydrogens is 259 g/mol. The Labute approximate surface area is 97.8 Å². The third-order valence-corrected chi connectivity index (χ3v) is 2.35. The predicted octanol–water partition coefficient (Wildman–Crippen LogP) is 2.95. The number of alkyl halides is 4. The SMILES string of the molecule is O=c1oc(CCl)nc2c(C(F)(F)F)cccc12. The molecule has 2 aromatic rings. The summed E-state index contributed by atoms with van der Waals surface area (Å²) in [6, 6.07) is 3.21. The van der Waals surface area contributed by atoms with E-state index in [0.29, 0.717) is 0 Å². The molecule has 17 heavy (non-hydrogen) atoms. The third-order valence-electron chi connectivity index (χ3n) is 2.12. The van der Waals surface area contributed by atoms with Crippen LogP contribution in [-0.4, -0.2) is 4.98 Å². The summed E-state index contributed by atoms with van der Waals surface area (Å²) >= 11 is 5.39. The van der Waals surface area contributed by atoms with Gasteiger partial charge in [-0.1, -0.05) is 6.07 Å². The van der Waals surface area contributed by atoms with Crippen LogP contribution in [0.25, 0.3) is 10.9 Å². The lowest BCUT2D eigenvalue weighted by Gasteiger charge is -2.08. The molecule has 0 spiro atoms. The topological polar surface area (TPSA) is 43.1 Å². The highest BCUT2D eigenvalue weighted by Gasteiger charge is 2.33. The average Bonchev–Trinajstić information content (AvgIpc) is 2.26. The molecule has 90 valence electrons. The number of benzene rings is 1. The molecule has 0 saturated carbocycles. The highest BCUT2D eigenvalue weighted by molar-refractivity contribution is 6.16. The molecule has 1 aromatic heterocycles. The normalized spacial score (nSPS) is 12.0. The molecular formula is C10H5ClF3NO2. The van der Waals surface area contributed by atoms with Gasteiger partial charge in [-0.15, -0.1) is 11.6 Å². The highest BCUT2D eigenvalue weighted by Crippen LogP contribution is 2.33. The number of halogens is 4. The van der Waals surface area contributed by atoms with Crippen molar-refractivity contribution in [2.24, 2.45) is 0 Å². The Bertz CT molecular complexity index is 621. The van der Waals surface area contributed by atoms with E-state index in [4.69, 9.17) is 11.6 Å². The summed E-state index contributed by atoms with van der Waals surface area (Å²) in [7, 11) is 0. The van der Waals surface area contributed by atoms with Crippen LogP contribution in [0.15, 0.2) is 27.4 Å². The zero-order chi connectivity index (χ0) is 12.6. The van der Waals surface area contributed by atoms with E-state index < -0.39 is 22.9 Å². The Balaban J connectivity index is 2.88. The molecule has 1 aromatic carbocycles. The monoisotopic (exact) mass is 263 g/mol. The van der Waals surface area contributed by atoms with Gasteiger partial charge in [0.25, 0.3) is 0 Å². The maximum Gasteiger partial charge on any atom is 0.418 e. The number of rotatable bonds is 1. The van der Waals surface area contributed by atoms with Gasteiger partial charge in [0.2, 0.25) is 5.89 Å². The van der Waals surface area contributed by atoms with Gasteiger partial charge in [-0.2, -0.15) is 13.2 Å². The van der Waals surface area contributed by atoms with Gasteiger partial charge in [-0.05, 0) is 12.1 Å². The highest BCUT2D eigenvalue weighted by atomic mass is 35.5.